The van der Waals surface area contributed by atoms with Gasteiger partial charge in [0.1, 0.15) is 18.2 Å². The third-order valence-electron chi connectivity index (χ3n) is 5.82. The fourth-order valence-corrected chi connectivity index (χ4v) is 3.99. The van der Waals surface area contributed by atoms with Gasteiger partial charge in [-0.05, 0) is 47.9 Å². The van der Waals surface area contributed by atoms with Crippen LogP contribution in [0.2, 0.25) is 0 Å². The molecule has 8 heteroatoms. The number of hydrogen-bond acceptors (Lipinski definition) is 4. The summed E-state index contributed by atoms with van der Waals surface area (Å²) in [6, 6.07) is 17.3. The van der Waals surface area contributed by atoms with Gasteiger partial charge in [0.15, 0.2) is 0 Å². The van der Waals surface area contributed by atoms with Crippen molar-refractivity contribution in [2.24, 2.45) is 7.05 Å². The standard InChI is InChI=1S/C27H27FN4O3/c1-17-9-10-20(28)12-19(17)15-29-27(34)22-13-21(30-25(33)11-18-7-5-4-6-8-18)14-23-26(22)32(2)24(31-23)16-35-3/h4-10,12-14H,11,15-16H2,1-3H3,(H,29,34)(H,30,33). The van der Waals surface area contributed by atoms with Gasteiger partial charge >= 0.3 is 0 Å². The maximum atomic E-state index is 13.7. The Labute approximate surface area is 202 Å². The molecule has 2 N–H and O–H groups in total. The molecular weight excluding hydrogens is 447 g/mol. The first-order valence-corrected chi connectivity index (χ1v) is 11.2. The van der Waals surface area contributed by atoms with E-state index >= 15 is 0 Å². The van der Waals surface area contributed by atoms with Crippen LogP contribution in [0, 0.1) is 12.7 Å². The number of halogens is 1. The van der Waals surface area contributed by atoms with Gasteiger partial charge in [-0.15, -0.1) is 0 Å². The maximum absolute atomic E-state index is 13.7. The molecule has 0 aliphatic rings. The summed E-state index contributed by atoms with van der Waals surface area (Å²) in [5.41, 5.74) is 4.44. The van der Waals surface area contributed by atoms with Crippen LogP contribution in [0.3, 0.4) is 0 Å². The van der Waals surface area contributed by atoms with Gasteiger partial charge in [0.05, 0.1) is 23.0 Å². The third-order valence-corrected chi connectivity index (χ3v) is 5.82. The first kappa shape index (κ1) is 24.1. The van der Waals surface area contributed by atoms with E-state index in [9.17, 15) is 14.0 Å². The number of hydrogen-bond donors (Lipinski definition) is 2. The Morgan fingerprint density at radius 3 is 2.60 bits per heavy atom. The number of nitrogens with one attached hydrogen (secondary N) is 2. The van der Waals surface area contributed by atoms with Crippen molar-refractivity contribution < 1.29 is 18.7 Å². The number of imidazole rings is 1. The lowest BCUT2D eigenvalue weighted by atomic mass is 10.1. The predicted molar refractivity (Wildman–Crippen MR) is 133 cm³/mol. The van der Waals surface area contributed by atoms with Crippen molar-refractivity contribution in [2.45, 2.75) is 26.5 Å². The average Bonchev–Trinajstić information content (AvgIpc) is 3.14. The number of carbonyl (C=O) groups is 2. The molecule has 0 radical (unpaired) electrons. The van der Waals surface area contributed by atoms with Crippen LogP contribution in [0.4, 0.5) is 10.1 Å². The number of ether oxygens (including phenoxy) is 1. The summed E-state index contributed by atoms with van der Waals surface area (Å²) in [7, 11) is 3.38. The Bertz CT molecular complexity index is 1380. The van der Waals surface area contributed by atoms with E-state index in [0.717, 1.165) is 11.1 Å². The number of carbonyl (C=O) groups excluding carboxylic acids is 2. The van der Waals surface area contributed by atoms with Crippen molar-refractivity contribution in [1.29, 1.82) is 0 Å². The lowest BCUT2D eigenvalue weighted by Crippen LogP contribution is -2.24. The van der Waals surface area contributed by atoms with Gasteiger partial charge in [-0.25, -0.2) is 9.37 Å². The summed E-state index contributed by atoms with van der Waals surface area (Å²) in [4.78, 5) is 30.5. The number of aryl methyl sites for hydroxylation is 2. The van der Waals surface area contributed by atoms with E-state index < -0.39 is 0 Å². The molecule has 0 aliphatic carbocycles. The first-order chi connectivity index (χ1) is 16.9. The monoisotopic (exact) mass is 474 g/mol. The smallest absolute Gasteiger partial charge is 0.253 e. The summed E-state index contributed by atoms with van der Waals surface area (Å²) < 4.78 is 20.7. The highest BCUT2D eigenvalue weighted by Crippen LogP contribution is 2.26. The van der Waals surface area contributed by atoms with Crippen LogP contribution in [-0.4, -0.2) is 28.5 Å². The fraction of sp³-hybridized carbons (Fsp3) is 0.222. The lowest BCUT2D eigenvalue weighted by molar-refractivity contribution is -0.115. The molecule has 0 spiro atoms. The molecule has 0 bridgehead atoms. The predicted octanol–water partition coefficient (Wildman–Crippen LogP) is 4.28. The maximum Gasteiger partial charge on any atom is 0.253 e. The second-order valence-corrected chi connectivity index (χ2v) is 8.38. The van der Waals surface area contributed by atoms with Gasteiger partial charge in [-0.3, -0.25) is 9.59 Å². The van der Waals surface area contributed by atoms with E-state index in [2.05, 4.69) is 15.6 Å². The molecular formula is C27H27FN4O3. The molecule has 180 valence electrons. The van der Waals surface area contributed by atoms with Crippen LogP contribution in [-0.2, 0) is 36.2 Å². The molecule has 0 atom stereocenters. The van der Waals surface area contributed by atoms with E-state index in [1.165, 1.54) is 12.1 Å². The van der Waals surface area contributed by atoms with Crippen molar-refractivity contribution >= 4 is 28.5 Å². The minimum absolute atomic E-state index is 0.164. The fourth-order valence-electron chi connectivity index (χ4n) is 3.99. The number of rotatable bonds is 8. The zero-order valence-electron chi connectivity index (χ0n) is 19.9. The number of amides is 2. The lowest BCUT2D eigenvalue weighted by Gasteiger charge is -2.12. The Morgan fingerprint density at radius 2 is 1.86 bits per heavy atom. The highest BCUT2D eigenvalue weighted by Gasteiger charge is 2.19. The molecule has 2 amide bonds. The van der Waals surface area contributed by atoms with Crippen molar-refractivity contribution in [3.8, 4) is 0 Å². The second kappa shape index (κ2) is 10.5. The molecule has 0 saturated heterocycles. The normalized spacial score (nSPS) is 11.0. The molecule has 3 aromatic carbocycles. The molecule has 4 aromatic rings. The highest BCUT2D eigenvalue weighted by molar-refractivity contribution is 6.07. The van der Waals surface area contributed by atoms with Gasteiger partial charge < -0.3 is 19.9 Å². The Hall–Kier alpha value is -4.04. The SMILES string of the molecule is COCc1nc2cc(NC(=O)Cc3ccccc3)cc(C(=O)NCc3cc(F)ccc3C)c2n1C. The molecule has 0 aliphatic heterocycles. The molecule has 4 rings (SSSR count). The molecule has 7 nitrogen and oxygen atoms in total. The largest absolute Gasteiger partial charge is 0.377 e. The number of anilines is 1. The van der Waals surface area contributed by atoms with Crippen LogP contribution in [0.15, 0.2) is 60.7 Å². The molecule has 0 unspecified atom stereocenters. The van der Waals surface area contributed by atoms with Crippen LogP contribution >= 0.6 is 0 Å². The molecule has 0 saturated carbocycles. The molecule has 1 heterocycles. The number of fused-ring (bicyclic) bond motifs is 1. The summed E-state index contributed by atoms with van der Waals surface area (Å²) in [6.45, 7) is 2.29. The van der Waals surface area contributed by atoms with E-state index in [-0.39, 0.29) is 37.2 Å². The minimum atomic E-state index is -0.360. The topological polar surface area (TPSA) is 85.2 Å². The second-order valence-electron chi connectivity index (χ2n) is 8.38. The molecule has 0 fully saturated rings. The summed E-state index contributed by atoms with van der Waals surface area (Å²) >= 11 is 0. The van der Waals surface area contributed by atoms with E-state index in [4.69, 9.17) is 4.74 Å². The highest BCUT2D eigenvalue weighted by atomic mass is 19.1. The zero-order valence-corrected chi connectivity index (χ0v) is 19.9. The van der Waals surface area contributed by atoms with Gasteiger partial charge in [-0.1, -0.05) is 36.4 Å². The Balaban J connectivity index is 1.64. The van der Waals surface area contributed by atoms with Crippen LogP contribution in [0.5, 0.6) is 0 Å². The van der Waals surface area contributed by atoms with Gasteiger partial charge in [0.25, 0.3) is 5.91 Å². The van der Waals surface area contributed by atoms with Crippen molar-refractivity contribution in [1.82, 2.24) is 14.9 Å². The minimum Gasteiger partial charge on any atom is -0.377 e. The first-order valence-electron chi connectivity index (χ1n) is 11.2. The average molecular weight is 475 g/mol. The number of benzene rings is 3. The van der Waals surface area contributed by atoms with Crippen LogP contribution in [0.25, 0.3) is 11.0 Å². The molecule has 1 aromatic heterocycles. The third kappa shape index (κ3) is 5.55. The zero-order chi connectivity index (χ0) is 24.9. The Kier molecular flexibility index (Phi) is 7.22. The van der Waals surface area contributed by atoms with Gasteiger partial charge in [-0.2, -0.15) is 0 Å². The van der Waals surface area contributed by atoms with E-state index in [1.807, 2.05) is 44.3 Å². The van der Waals surface area contributed by atoms with E-state index in [1.54, 1.807) is 29.9 Å². The van der Waals surface area contributed by atoms with Gasteiger partial charge in [0.2, 0.25) is 5.91 Å². The molecule has 35 heavy (non-hydrogen) atoms. The quantitative estimate of drug-likeness (QED) is 0.399. The Morgan fingerprint density at radius 1 is 1.09 bits per heavy atom. The summed E-state index contributed by atoms with van der Waals surface area (Å²) in [5, 5.41) is 5.75. The number of methoxy groups -OCH3 is 1. The van der Waals surface area contributed by atoms with Crippen molar-refractivity contribution in [3.05, 3.63) is 94.6 Å². The van der Waals surface area contributed by atoms with Gasteiger partial charge in [0, 0.05) is 26.4 Å². The number of aromatic nitrogens is 2. The number of nitrogens with zero attached hydrogens (tertiary/aromatic N) is 2. The van der Waals surface area contributed by atoms with Crippen molar-refractivity contribution in [3.63, 3.8) is 0 Å². The summed E-state index contributed by atoms with van der Waals surface area (Å²) in [5.74, 6) is -0.276. The van der Waals surface area contributed by atoms with Crippen LogP contribution < -0.4 is 10.6 Å². The summed E-state index contributed by atoms with van der Waals surface area (Å²) in [6.07, 6.45) is 0.205. The van der Waals surface area contributed by atoms with Crippen molar-refractivity contribution in [2.75, 3.05) is 12.4 Å². The van der Waals surface area contributed by atoms with E-state index in [0.29, 0.717) is 33.7 Å². The van der Waals surface area contributed by atoms with Crippen LogP contribution in [0.1, 0.15) is 32.9 Å².